The van der Waals surface area contributed by atoms with Crippen molar-refractivity contribution in [1.29, 1.82) is 0 Å². The first-order chi connectivity index (χ1) is 9.15. The number of nitrogens with two attached hydrogens (primary N) is 1. The lowest BCUT2D eigenvalue weighted by atomic mass is 9.99. The van der Waals surface area contributed by atoms with Crippen molar-refractivity contribution in [2.24, 2.45) is 5.92 Å². The summed E-state index contributed by atoms with van der Waals surface area (Å²) in [4.78, 5) is 11.9. The summed E-state index contributed by atoms with van der Waals surface area (Å²) in [6.07, 6.45) is 6.45. The summed E-state index contributed by atoms with van der Waals surface area (Å²) in [6.45, 7) is 2.13. The Hall–Kier alpha value is -1.51. The molecular formula is C16H24N2O. The van der Waals surface area contributed by atoms with E-state index in [1.54, 1.807) is 0 Å². The zero-order valence-electron chi connectivity index (χ0n) is 11.7. The number of nitrogen functional groups attached to an aromatic ring is 1. The Kier molecular flexibility index (Phi) is 4.83. The molecule has 1 fully saturated rings. The van der Waals surface area contributed by atoms with Crippen LogP contribution in [0.15, 0.2) is 24.3 Å². The minimum atomic E-state index is 0.154. The van der Waals surface area contributed by atoms with E-state index in [2.05, 4.69) is 12.2 Å². The van der Waals surface area contributed by atoms with Crippen molar-refractivity contribution in [2.75, 3.05) is 5.73 Å². The van der Waals surface area contributed by atoms with Crippen LogP contribution in [0.5, 0.6) is 0 Å². The van der Waals surface area contributed by atoms with Gasteiger partial charge in [0, 0.05) is 18.2 Å². The summed E-state index contributed by atoms with van der Waals surface area (Å²) in [5, 5.41) is 3.14. The predicted molar refractivity (Wildman–Crippen MR) is 78.7 cm³/mol. The van der Waals surface area contributed by atoms with Crippen molar-refractivity contribution in [1.82, 2.24) is 5.32 Å². The molecule has 1 unspecified atom stereocenters. The first kappa shape index (κ1) is 13.9. The highest BCUT2D eigenvalue weighted by Gasteiger charge is 2.22. The number of nitrogens with one attached hydrogen (secondary N) is 1. The van der Waals surface area contributed by atoms with Gasteiger partial charge >= 0.3 is 0 Å². The Morgan fingerprint density at radius 1 is 1.42 bits per heavy atom. The average Bonchev–Trinajstić information content (AvgIpc) is 2.90. The van der Waals surface area contributed by atoms with Gasteiger partial charge in [-0.05, 0) is 49.8 Å². The Morgan fingerprint density at radius 2 is 2.16 bits per heavy atom. The monoisotopic (exact) mass is 260 g/mol. The second kappa shape index (κ2) is 6.60. The van der Waals surface area contributed by atoms with Gasteiger partial charge in [0.25, 0.3) is 0 Å². The van der Waals surface area contributed by atoms with Gasteiger partial charge in [0.15, 0.2) is 0 Å². The van der Waals surface area contributed by atoms with Gasteiger partial charge in [0.05, 0.1) is 0 Å². The molecule has 0 heterocycles. The zero-order valence-corrected chi connectivity index (χ0v) is 11.7. The summed E-state index contributed by atoms with van der Waals surface area (Å²) in [6, 6.07) is 8.07. The molecule has 0 aliphatic heterocycles. The molecule has 0 aromatic heterocycles. The van der Waals surface area contributed by atoms with E-state index in [-0.39, 0.29) is 5.91 Å². The van der Waals surface area contributed by atoms with Gasteiger partial charge in [-0.1, -0.05) is 25.0 Å². The summed E-state index contributed by atoms with van der Waals surface area (Å²) < 4.78 is 0. The highest BCUT2D eigenvalue weighted by Crippen LogP contribution is 2.27. The van der Waals surface area contributed by atoms with Crippen LogP contribution in [0.4, 0.5) is 5.69 Å². The maximum atomic E-state index is 11.9. The molecule has 0 bridgehead atoms. The van der Waals surface area contributed by atoms with Crippen molar-refractivity contribution in [3.63, 3.8) is 0 Å². The van der Waals surface area contributed by atoms with Crippen LogP contribution in [-0.4, -0.2) is 11.9 Å². The summed E-state index contributed by atoms with van der Waals surface area (Å²) in [5.74, 6) is 0.832. The Morgan fingerprint density at radius 3 is 2.84 bits per heavy atom. The minimum absolute atomic E-state index is 0.154. The fourth-order valence-electron chi connectivity index (χ4n) is 2.91. The third kappa shape index (κ3) is 4.27. The molecule has 1 atom stereocenters. The largest absolute Gasteiger partial charge is 0.399 e. The van der Waals surface area contributed by atoms with Gasteiger partial charge in [-0.25, -0.2) is 0 Å². The van der Waals surface area contributed by atoms with E-state index in [1.807, 2.05) is 24.3 Å². The molecule has 3 nitrogen and oxygen atoms in total. The number of anilines is 1. The topological polar surface area (TPSA) is 55.1 Å². The number of rotatable bonds is 5. The van der Waals surface area contributed by atoms with Crippen LogP contribution in [0.2, 0.25) is 0 Å². The first-order valence-corrected chi connectivity index (χ1v) is 7.29. The molecule has 0 radical (unpaired) electrons. The second-order valence-electron chi connectivity index (χ2n) is 5.65. The van der Waals surface area contributed by atoms with Crippen LogP contribution in [-0.2, 0) is 11.2 Å². The standard InChI is InChI=1S/C16H24N2O/c1-12(14-6-2-3-7-14)18-16(19)10-9-13-5-4-8-15(17)11-13/h4-5,8,11-12,14H,2-3,6-7,9-10,17H2,1H3,(H,18,19). The molecule has 2 rings (SSSR count). The molecule has 1 aromatic carbocycles. The smallest absolute Gasteiger partial charge is 0.220 e. The second-order valence-corrected chi connectivity index (χ2v) is 5.65. The highest BCUT2D eigenvalue weighted by atomic mass is 16.1. The summed E-state index contributed by atoms with van der Waals surface area (Å²) in [7, 11) is 0. The fourth-order valence-corrected chi connectivity index (χ4v) is 2.91. The molecule has 1 aromatic rings. The molecule has 1 saturated carbocycles. The number of hydrogen-bond acceptors (Lipinski definition) is 2. The molecular weight excluding hydrogens is 236 g/mol. The predicted octanol–water partition coefficient (Wildman–Crippen LogP) is 2.90. The Labute approximate surface area is 115 Å². The molecule has 3 heteroatoms. The summed E-state index contributed by atoms with van der Waals surface area (Å²) >= 11 is 0. The third-order valence-electron chi connectivity index (χ3n) is 4.09. The zero-order chi connectivity index (χ0) is 13.7. The maximum absolute atomic E-state index is 11.9. The van der Waals surface area contributed by atoms with Crippen LogP contribution in [0, 0.1) is 5.92 Å². The van der Waals surface area contributed by atoms with Gasteiger partial charge in [-0.2, -0.15) is 0 Å². The molecule has 1 aliphatic rings. The average molecular weight is 260 g/mol. The quantitative estimate of drug-likeness (QED) is 0.800. The number of hydrogen-bond donors (Lipinski definition) is 2. The van der Waals surface area contributed by atoms with Crippen LogP contribution >= 0.6 is 0 Å². The van der Waals surface area contributed by atoms with E-state index in [1.165, 1.54) is 25.7 Å². The molecule has 3 N–H and O–H groups in total. The summed E-state index contributed by atoms with van der Waals surface area (Å²) in [5.41, 5.74) is 7.62. The molecule has 0 saturated heterocycles. The number of amides is 1. The molecule has 104 valence electrons. The number of benzene rings is 1. The van der Waals surface area contributed by atoms with Crippen LogP contribution in [0.3, 0.4) is 0 Å². The number of aryl methyl sites for hydroxylation is 1. The van der Waals surface area contributed by atoms with Gasteiger partial charge in [0.1, 0.15) is 0 Å². The van der Waals surface area contributed by atoms with Crippen LogP contribution < -0.4 is 11.1 Å². The minimum Gasteiger partial charge on any atom is -0.399 e. The van der Waals surface area contributed by atoms with Crippen molar-refractivity contribution >= 4 is 11.6 Å². The van der Waals surface area contributed by atoms with Gasteiger partial charge in [-0.15, -0.1) is 0 Å². The van der Waals surface area contributed by atoms with Crippen molar-refractivity contribution in [2.45, 2.75) is 51.5 Å². The third-order valence-corrected chi connectivity index (χ3v) is 4.09. The van der Waals surface area contributed by atoms with E-state index in [4.69, 9.17) is 5.73 Å². The van der Waals surface area contributed by atoms with Crippen molar-refractivity contribution < 1.29 is 4.79 Å². The Balaban J connectivity index is 1.75. The van der Waals surface area contributed by atoms with E-state index < -0.39 is 0 Å². The van der Waals surface area contributed by atoms with E-state index >= 15 is 0 Å². The van der Waals surface area contributed by atoms with Gasteiger partial charge < -0.3 is 11.1 Å². The van der Waals surface area contributed by atoms with Crippen molar-refractivity contribution in [3.05, 3.63) is 29.8 Å². The van der Waals surface area contributed by atoms with Crippen LogP contribution in [0.1, 0.15) is 44.6 Å². The number of carbonyl (C=O) groups is 1. The van der Waals surface area contributed by atoms with Gasteiger partial charge in [-0.3, -0.25) is 4.79 Å². The lowest BCUT2D eigenvalue weighted by Crippen LogP contribution is -2.37. The highest BCUT2D eigenvalue weighted by molar-refractivity contribution is 5.76. The van der Waals surface area contributed by atoms with Crippen molar-refractivity contribution in [3.8, 4) is 0 Å². The fraction of sp³-hybridized carbons (Fsp3) is 0.562. The normalized spacial score (nSPS) is 17.3. The lowest BCUT2D eigenvalue weighted by molar-refractivity contribution is -0.122. The first-order valence-electron chi connectivity index (χ1n) is 7.29. The molecule has 1 amide bonds. The molecule has 1 aliphatic carbocycles. The SMILES string of the molecule is CC(NC(=O)CCc1cccc(N)c1)C1CCCC1. The van der Waals surface area contributed by atoms with E-state index in [0.29, 0.717) is 18.4 Å². The lowest BCUT2D eigenvalue weighted by Gasteiger charge is -2.20. The van der Waals surface area contributed by atoms with Gasteiger partial charge in [0.2, 0.25) is 5.91 Å². The molecule has 19 heavy (non-hydrogen) atoms. The molecule has 0 spiro atoms. The van der Waals surface area contributed by atoms with E-state index in [9.17, 15) is 4.79 Å². The Bertz CT molecular complexity index is 425. The van der Waals surface area contributed by atoms with E-state index in [0.717, 1.165) is 17.7 Å². The van der Waals surface area contributed by atoms with Crippen LogP contribution in [0.25, 0.3) is 0 Å². The maximum Gasteiger partial charge on any atom is 0.220 e. The number of carbonyl (C=O) groups excluding carboxylic acids is 1.